The minimum absolute atomic E-state index is 0.0970. The van der Waals surface area contributed by atoms with Gasteiger partial charge in [0.25, 0.3) is 0 Å². The van der Waals surface area contributed by atoms with Crippen LogP contribution in [0.3, 0.4) is 0 Å². The topological polar surface area (TPSA) is 21.3 Å². The molecule has 5 heteroatoms. The van der Waals surface area contributed by atoms with Gasteiger partial charge in [0, 0.05) is 22.3 Å². The highest BCUT2D eigenvalue weighted by atomic mass is 79.9. The van der Waals surface area contributed by atoms with Crippen molar-refractivity contribution in [1.82, 2.24) is 0 Å². The normalized spacial score (nSPS) is 10.5. The Kier molecular flexibility index (Phi) is 5.95. The van der Waals surface area contributed by atoms with Crippen LogP contribution in [0.25, 0.3) is 0 Å². The van der Waals surface area contributed by atoms with Crippen LogP contribution in [0.15, 0.2) is 71.2 Å². The van der Waals surface area contributed by atoms with Crippen molar-refractivity contribution in [2.75, 3.05) is 5.32 Å². The van der Waals surface area contributed by atoms with E-state index in [0.29, 0.717) is 13.2 Å². The van der Waals surface area contributed by atoms with Gasteiger partial charge in [0.15, 0.2) is 0 Å². The van der Waals surface area contributed by atoms with E-state index in [0.717, 1.165) is 27.0 Å². The van der Waals surface area contributed by atoms with E-state index in [4.69, 9.17) is 16.3 Å². The van der Waals surface area contributed by atoms with Crippen LogP contribution in [0, 0.1) is 5.82 Å². The fourth-order valence-electron chi connectivity index (χ4n) is 2.37. The Labute approximate surface area is 159 Å². The van der Waals surface area contributed by atoms with Gasteiger partial charge in [-0.05, 0) is 42.0 Å². The first kappa shape index (κ1) is 17.8. The number of hydrogen-bond acceptors (Lipinski definition) is 2. The highest BCUT2D eigenvalue weighted by Gasteiger charge is 2.07. The van der Waals surface area contributed by atoms with Gasteiger partial charge in [-0.1, -0.05) is 57.9 Å². The smallest absolute Gasteiger partial charge is 0.141 e. The summed E-state index contributed by atoms with van der Waals surface area (Å²) in [4.78, 5) is 0. The summed E-state index contributed by atoms with van der Waals surface area (Å²) in [7, 11) is 0. The van der Waals surface area contributed by atoms with E-state index in [1.165, 1.54) is 6.07 Å². The minimum Gasteiger partial charge on any atom is -0.489 e. The van der Waals surface area contributed by atoms with E-state index in [2.05, 4.69) is 21.2 Å². The molecule has 0 fully saturated rings. The minimum atomic E-state index is -0.429. The Morgan fingerprint density at radius 1 is 1.00 bits per heavy atom. The highest BCUT2D eigenvalue weighted by molar-refractivity contribution is 9.10. The molecule has 3 rings (SSSR count). The molecular formula is C20H16BrClFNO. The van der Waals surface area contributed by atoms with Crippen LogP contribution >= 0.6 is 27.5 Å². The van der Waals surface area contributed by atoms with Crippen molar-refractivity contribution in [1.29, 1.82) is 0 Å². The second-order valence-electron chi connectivity index (χ2n) is 5.51. The number of rotatable bonds is 6. The molecule has 0 saturated carbocycles. The summed E-state index contributed by atoms with van der Waals surface area (Å²) in [6.07, 6.45) is 0. The van der Waals surface area contributed by atoms with Crippen molar-refractivity contribution in [2.24, 2.45) is 0 Å². The lowest BCUT2D eigenvalue weighted by Gasteiger charge is -2.14. The molecule has 0 spiro atoms. The fraction of sp³-hybridized carbons (Fsp3) is 0.100. The molecule has 0 aromatic heterocycles. The largest absolute Gasteiger partial charge is 0.489 e. The summed E-state index contributed by atoms with van der Waals surface area (Å²) in [5.41, 5.74) is 2.85. The van der Waals surface area contributed by atoms with E-state index < -0.39 is 5.82 Å². The summed E-state index contributed by atoms with van der Waals surface area (Å²) < 4.78 is 20.2. The van der Waals surface area contributed by atoms with Crippen LogP contribution in [-0.2, 0) is 13.2 Å². The van der Waals surface area contributed by atoms with Crippen LogP contribution in [0.1, 0.15) is 11.1 Å². The molecule has 0 aliphatic rings. The molecule has 0 heterocycles. The van der Waals surface area contributed by atoms with E-state index in [9.17, 15) is 4.39 Å². The first-order chi connectivity index (χ1) is 12.1. The SMILES string of the molecule is Fc1ccc(NCc2cc(Br)ccc2OCc2ccccc2)cc1Cl. The predicted molar refractivity (Wildman–Crippen MR) is 104 cm³/mol. The molecule has 0 atom stereocenters. The third-order valence-corrected chi connectivity index (χ3v) is 4.45. The maximum atomic E-state index is 13.3. The van der Waals surface area contributed by atoms with Crippen molar-refractivity contribution in [2.45, 2.75) is 13.2 Å². The van der Waals surface area contributed by atoms with Gasteiger partial charge < -0.3 is 10.1 Å². The third kappa shape index (κ3) is 4.97. The number of ether oxygens (including phenoxy) is 1. The van der Waals surface area contributed by atoms with E-state index in [1.807, 2.05) is 48.5 Å². The lowest BCUT2D eigenvalue weighted by atomic mass is 10.2. The van der Waals surface area contributed by atoms with Crippen molar-refractivity contribution in [3.8, 4) is 5.75 Å². The summed E-state index contributed by atoms with van der Waals surface area (Å²) >= 11 is 9.31. The number of nitrogens with one attached hydrogen (secondary N) is 1. The van der Waals surface area contributed by atoms with E-state index in [-0.39, 0.29) is 5.02 Å². The maximum absolute atomic E-state index is 13.3. The summed E-state index contributed by atoms with van der Waals surface area (Å²) in [6.45, 7) is 1.03. The van der Waals surface area contributed by atoms with E-state index in [1.54, 1.807) is 12.1 Å². The molecule has 0 aliphatic heterocycles. The van der Waals surface area contributed by atoms with Gasteiger partial charge in [-0.15, -0.1) is 0 Å². The number of halogens is 3. The lowest BCUT2D eigenvalue weighted by molar-refractivity contribution is 0.303. The number of benzene rings is 3. The van der Waals surface area contributed by atoms with Crippen LogP contribution in [0.5, 0.6) is 5.75 Å². The first-order valence-corrected chi connectivity index (χ1v) is 8.93. The molecular weight excluding hydrogens is 405 g/mol. The van der Waals surface area contributed by atoms with Crippen molar-refractivity contribution < 1.29 is 9.13 Å². The highest BCUT2D eigenvalue weighted by Crippen LogP contribution is 2.26. The molecule has 128 valence electrons. The number of hydrogen-bond donors (Lipinski definition) is 1. The predicted octanol–water partition coefficient (Wildman–Crippen LogP) is 6.43. The van der Waals surface area contributed by atoms with Crippen molar-refractivity contribution in [3.05, 3.63) is 93.2 Å². The zero-order chi connectivity index (χ0) is 17.6. The second kappa shape index (κ2) is 8.37. The molecule has 3 aromatic rings. The molecule has 0 saturated heterocycles. The molecule has 0 bridgehead atoms. The molecule has 3 aromatic carbocycles. The molecule has 0 radical (unpaired) electrons. The Hall–Kier alpha value is -2.04. The molecule has 1 N–H and O–H groups in total. The number of anilines is 1. The van der Waals surface area contributed by atoms with Gasteiger partial charge in [0.1, 0.15) is 18.2 Å². The average Bonchev–Trinajstić information content (AvgIpc) is 2.63. The molecule has 2 nitrogen and oxygen atoms in total. The van der Waals surface area contributed by atoms with Gasteiger partial charge in [0.2, 0.25) is 0 Å². The third-order valence-electron chi connectivity index (χ3n) is 3.66. The van der Waals surface area contributed by atoms with Gasteiger partial charge >= 0.3 is 0 Å². The summed E-state index contributed by atoms with van der Waals surface area (Å²) in [5, 5.41) is 3.34. The zero-order valence-corrected chi connectivity index (χ0v) is 15.6. The van der Waals surface area contributed by atoms with Crippen molar-refractivity contribution in [3.63, 3.8) is 0 Å². The summed E-state index contributed by atoms with van der Waals surface area (Å²) in [5.74, 6) is 0.370. The fourth-order valence-corrected chi connectivity index (χ4v) is 2.95. The maximum Gasteiger partial charge on any atom is 0.141 e. The van der Waals surface area contributed by atoms with Gasteiger partial charge in [-0.3, -0.25) is 0 Å². The Morgan fingerprint density at radius 2 is 1.80 bits per heavy atom. The molecule has 0 amide bonds. The standard InChI is InChI=1S/C20H16BrClFNO/c21-16-6-9-20(25-13-14-4-2-1-3-5-14)15(10-16)12-24-17-7-8-19(23)18(22)11-17/h1-11,24H,12-13H2. The van der Waals surface area contributed by atoms with Crippen LogP contribution < -0.4 is 10.1 Å². The average molecular weight is 421 g/mol. The zero-order valence-electron chi connectivity index (χ0n) is 13.3. The van der Waals surface area contributed by atoms with Crippen LogP contribution in [0.4, 0.5) is 10.1 Å². The van der Waals surface area contributed by atoms with Crippen LogP contribution in [0.2, 0.25) is 5.02 Å². The quantitative estimate of drug-likeness (QED) is 0.496. The Bertz CT molecular complexity index is 858. The molecule has 25 heavy (non-hydrogen) atoms. The van der Waals surface area contributed by atoms with Gasteiger partial charge in [-0.2, -0.15) is 0 Å². The lowest BCUT2D eigenvalue weighted by Crippen LogP contribution is -2.04. The Morgan fingerprint density at radius 3 is 2.56 bits per heavy atom. The molecule has 0 aliphatic carbocycles. The monoisotopic (exact) mass is 419 g/mol. The second-order valence-corrected chi connectivity index (χ2v) is 6.83. The Balaban J connectivity index is 1.71. The van der Waals surface area contributed by atoms with E-state index >= 15 is 0 Å². The molecule has 0 unspecified atom stereocenters. The van der Waals surface area contributed by atoms with Crippen LogP contribution in [-0.4, -0.2) is 0 Å². The van der Waals surface area contributed by atoms with Gasteiger partial charge in [-0.25, -0.2) is 4.39 Å². The first-order valence-electron chi connectivity index (χ1n) is 7.76. The van der Waals surface area contributed by atoms with Gasteiger partial charge in [0.05, 0.1) is 5.02 Å². The summed E-state index contributed by atoms with van der Waals surface area (Å²) in [6, 6.07) is 20.4. The van der Waals surface area contributed by atoms with Crippen molar-refractivity contribution >= 4 is 33.2 Å².